The van der Waals surface area contributed by atoms with Gasteiger partial charge in [-0.2, -0.15) is 0 Å². The lowest BCUT2D eigenvalue weighted by molar-refractivity contribution is -0.00982. The Hall–Kier alpha value is -0.0900. The summed E-state index contributed by atoms with van der Waals surface area (Å²) in [4.78, 5) is 0. The fraction of sp³-hybridized carbons (Fsp3) is 0.538. The molecule has 1 aromatic rings. The summed E-state index contributed by atoms with van der Waals surface area (Å²) < 4.78 is 6.63. The molecule has 0 bridgehead atoms. The van der Waals surface area contributed by atoms with Crippen molar-refractivity contribution in [2.75, 3.05) is 6.61 Å². The summed E-state index contributed by atoms with van der Waals surface area (Å²) in [5.74, 6) is 0. The standard InChI is InChI=1S/C13H19BrClNO/c1-13(2,3)17-8-11(16)6-9-4-5-10(14)7-12(9)15/h4-5,7,11H,6,8,16H2,1-3H3. The first-order chi connectivity index (χ1) is 7.78. The summed E-state index contributed by atoms with van der Waals surface area (Å²) in [6, 6.07) is 5.81. The summed E-state index contributed by atoms with van der Waals surface area (Å²) in [6.45, 7) is 6.60. The van der Waals surface area contributed by atoms with Gasteiger partial charge in [-0.15, -0.1) is 0 Å². The lowest BCUT2D eigenvalue weighted by Gasteiger charge is -2.22. The van der Waals surface area contributed by atoms with Crippen molar-refractivity contribution in [3.05, 3.63) is 33.3 Å². The summed E-state index contributed by atoms with van der Waals surface area (Å²) in [6.07, 6.45) is 0.724. The van der Waals surface area contributed by atoms with E-state index in [1.54, 1.807) is 0 Å². The predicted octanol–water partition coefficient (Wildman–Crippen LogP) is 3.79. The predicted molar refractivity (Wildman–Crippen MR) is 76.5 cm³/mol. The van der Waals surface area contributed by atoms with E-state index in [9.17, 15) is 0 Å². The molecule has 17 heavy (non-hydrogen) atoms. The molecular formula is C13H19BrClNO. The van der Waals surface area contributed by atoms with E-state index in [-0.39, 0.29) is 11.6 Å². The van der Waals surface area contributed by atoms with Crippen LogP contribution in [-0.2, 0) is 11.2 Å². The highest BCUT2D eigenvalue weighted by Crippen LogP contribution is 2.22. The van der Waals surface area contributed by atoms with E-state index in [2.05, 4.69) is 15.9 Å². The van der Waals surface area contributed by atoms with Crippen molar-refractivity contribution >= 4 is 27.5 Å². The molecule has 1 unspecified atom stereocenters. The van der Waals surface area contributed by atoms with Gasteiger partial charge < -0.3 is 10.5 Å². The van der Waals surface area contributed by atoms with E-state index < -0.39 is 0 Å². The highest BCUT2D eigenvalue weighted by atomic mass is 79.9. The number of benzene rings is 1. The van der Waals surface area contributed by atoms with Crippen LogP contribution in [-0.4, -0.2) is 18.2 Å². The molecule has 0 aliphatic carbocycles. The highest BCUT2D eigenvalue weighted by molar-refractivity contribution is 9.10. The van der Waals surface area contributed by atoms with Crippen LogP contribution in [0.3, 0.4) is 0 Å². The Balaban J connectivity index is 2.53. The second kappa shape index (κ2) is 6.19. The third-order valence-electron chi connectivity index (χ3n) is 2.23. The molecule has 96 valence electrons. The number of rotatable bonds is 4. The van der Waals surface area contributed by atoms with Gasteiger partial charge in [-0.05, 0) is 44.9 Å². The smallest absolute Gasteiger partial charge is 0.0627 e. The van der Waals surface area contributed by atoms with E-state index >= 15 is 0 Å². The average molecular weight is 321 g/mol. The van der Waals surface area contributed by atoms with Gasteiger partial charge in [-0.25, -0.2) is 0 Å². The number of hydrogen-bond donors (Lipinski definition) is 1. The van der Waals surface area contributed by atoms with E-state index in [1.165, 1.54) is 0 Å². The van der Waals surface area contributed by atoms with E-state index in [0.717, 1.165) is 21.5 Å². The van der Waals surface area contributed by atoms with Gasteiger partial charge in [0.1, 0.15) is 0 Å². The van der Waals surface area contributed by atoms with Gasteiger partial charge >= 0.3 is 0 Å². The molecule has 0 radical (unpaired) electrons. The molecule has 0 amide bonds. The zero-order chi connectivity index (χ0) is 13.1. The van der Waals surface area contributed by atoms with Crippen LogP contribution in [0, 0.1) is 0 Å². The van der Waals surface area contributed by atoms with Gasteiger partial charge in [0.05, 0.1) is 12.2 Å². The van der Waals surface area contributed by atoms with Crippen molar-refractivity contribution in [3.63, 3.8) is 0 Å². The number of nitrogens with two attached hydrogens (primary N) is 1. The molecule has 0 spiro atoms. The Morgan fingerprint density at radius 1 is 1.41 bits per heavy atom. The molecule has 2 N–H and O–H groups in total. The van der Waals surface area contributed by atoms with Crippen molar-refractivity contribution in [2.24, 2.45) is 5.73 Å². The number of halogens is 2. The van der Waals surface area contributed by atoms with Crippen LogP contribution in [0.15, 0.2) is 22.7 Å². The van der Waals surface area contributed by atoms with Crippen LogP contribution in [0.2, 0.25) is 5.02 Å². The second-order valence-corrected chi connectivity index (χ2v) is 6.45. The lowest BCUT2D eigenvalue weighted by atomic mass is 10.1. The Morgan fingerprint density at radius 3 is 2.59 bits per heavy atom. The van der Waals surface area contributed by atoms with Gasteiger partial charge in [0.25, 0.3) is 0 Å². The highest BCUT2D eigenvalue weighted by Gasteiger charge is 2.14. The van der Waals surface area contributed by atoms with Crippen LogP contribution >= 0.6 is 27.5 Å². The van der Waals surface area contributed by atoms with Crippen LogP contribution in [0.1, 0.15) is 26.3 Å². The number of hydrogen-bond acceptors (Lipinski definition) is 2. The molecule has 0 fully saturated rings. The molecule has 0 saturated carbocycles. The number of ether oxygens (including phenoxy) is 1. The minimum Gasteiger partial charge on any atom is -0.374 e. The minimum atomic E-state index is -0.152. The van der Waals surface area contributed by atoms with Gasteiger partial charge in [0.2, 0.25) is 0 Å². The third kappa shape index (κ3) is 5.87. The monoisotopic (exact) mass is 319 g/mol. The quantitative estimate of drug-likeness (QED) is 0.916. The maximum atomic E-state index is 6.14. The van der Waals surface area contributed by atoms with E-state index in [1.807, 2.05) is 39.0 Å². The third-order valence-corrected chi connectivity index (χ3v) is 3.07. The molecule has 1 aromatic carbocycles. The SMILES string of the molecule is CC(C)(C)OCC(N)Cc1ccc(Br)cc1Cl. The normalized spacial score (nSPS) is 13.8. The maximum Gasteiger partial charge on any atom is 0.0627 e. The van der Waals surface area contributed by atoms with E-state index in [0.29, 0.717) is 6.61 Å². The molecule has 1 atom stereocenters. The second-order valence-electron chi connectivity index (χ2n) is 5.12. The van der Waals surface area contributed by atoms with Crippen LogP contribution < -0.4 is 5.73 Å². The van der Waals surface area contributed by atoms with Gasteiger partial charge in [-0.1, -0.05) is 33.6 Å². The summed E-state index contributed by atoms with van der Waals surface area (Å²) in [5.41, 5.74) is 6.93. The van der Waals surface area contributed by atoms with Crippen molar-refractivity contribution in [2.45, 2.75) is 38.8 Å². The molecule has 2 nitrogen and oxygen atoms in total. The van der Waals surface area contributed by atoms with Gasteiger partial charge in [-0.3, -0.25) is 0 Å². The molecule has 0 aromatic heterocycles. The largest absolute Gasteiger partial charge is 0.374 e. The Kier molecular flexibility index (Phi) is 5.45. The van der Waals surface area contributed by atoms with Gasteiger partial charge in [0.15, 0.2) is 0 Å². The van der Waals surface area contributed by atoms with Gasteiger partial charge in [0, 0.05) is 15.5 Å². The first kappa shape index (κ1) is 15.0. The Morgan fingerprint density at radius 2 is 2.06 bits per heavy atom. The summed E-state index contributed by atoms with van der Waals surface area (Å²) in [5, 5.41) is 0.741. The zero-order valence-corrected chi connectivity index (χ0v) is 12.8. The van der Waals surface area contributed by atoms with E-state index in [4.69, 9.17) is 22.1 Å². The average Bonchev–Trinajstić information content (AvgIpc) is 2.18. The Bertz CT molecular complexity index is 376. The Labute approximate surface area is 117 Å². The van der Waals surface area contributed by atoms with Crippen molar-refractivity contribution < 1.29 is 4.74 Å². The molecule has 1 rings (SSSR count). The summed E-state index contributed by atoms with van der Waals surface area (Å²) >= 11 is 9.52. The summed E-state index contributed by atoms with van der Waals surface area (Å²) in [7, 11) is 0. The topological polar surface area (TPSA) is 35.2 Å². The van der Waals surface area contributed by atoms with Crippen LogP contribution in [0.5, 0.6) is 0 Å². The van der Waals surface area contributed by atoms with Crippen molar-refractivity contribution in [3.8, 4) is 0 Å². The first-order valence-corrected chi connectivity index (χ1v) is 6.78. The fourth-order valence-electron chi connectivity index (χ4n) is 1.39. The van der Waals surface area contributed by atoms with Crippen LogP contribution in [0.4, 0.5) is 0 Å². The molecule has 4 heteroatoms. The molecular weight excluding hydrogens is 302 g/mol. The minimum absolute atomic E-state index is 0.0344. The molecule has 0 aliphatic rings. The molecule has 0 saturated heterocycles. The fourth-order valence-corrected chi connectivity index (χ4v) is 2.14. The van der Waals surface area contributed by atoms with Crippen LogP contribution in [0.25, 0.3) is 0 Å². The maximum absolute atomic E-state index is 6.14. The van der Waals surface area contributed by atoms with Crippen molar-refractivity contribution in [1.29, 1.82) is 0 Å². The zero-order valence-electron chi connectivity index (χ0n) is 10.5. The molecule has 0 aliphatic heterocycles. The first-order valence-electron chi connectivity index (χ1n) is 5.61. The lowest BCUT2D eigenvalue weighted by Crippen LogP contribution is -2.33. The van der Waals surface area contributed by atoms with Crippen molar-refractivity contribution in [1.82, 2.24) is 0 Å². The molecule has 0 heterocycles.